The molecule has 1 atom stereocenters. The average Bonchev–Trinajstić information content (AvgIpc) is 2.78. The molecule has 1 aromatic carbocycles. The number of urea groups is 1. The fourth-order valence-corrected chi connectivity index (χ4v) is 2.12. The van der Waals surface area contributed by atoms with Crippen LogP contribution in [0.25, 0.3) is 5.69 Å². The number of aromatic nitrogens is 2. The summed E-state index contributed by atoms with van der Waals surface area (Å²) in [7, 11) is 0. The number of para-hydroxylation sites is 2. The largest absolute Gasteiger partial charge is 0.335 e. The molecule has 0 saturated carbocycles. The van der Waals surface area contributed by atoms with Crippen molar-refractivity contribution in [2.24, 2.45) is 0 Å². The highest BCUT2D eigenvalue weighted by atomic mass is 16.2. The molecule has 1 aromatic heterocycles. The van der Waals surface area contributed by atoms with E-state index in [0.717, 1.165) is 29.2 Å². The molecule has 2 N–H and O–H groups in total. The molecule has 0 bridgehead atoms. The van der Waals surface area contributed by atoms with Gasteiger partial charge in [-0.2, -0.15) is 5.10 Å². The van der Waals surface area contributed by atoms with E-state index in [4.69, 9.17) is 0 Å². The van der Waals surface area contributed by atoms with Crippen molar-refractivity contribution >= 4 is 11.7 Å². The van der Waals surface area contributed by atoms with Gasteiger partial charge in [0.15, 0.2) is 0 Å². The average molecular weight is 286 g/mol. The first-order chi connectivity index (χ1) is 10.0. The van der Waals surface area contributed by atoms with Gasteiger partial charge in [-0.3, -0.25) is 0 Å². The van der Waals surface area contributed by atoms with Gasteiger partial charge >= 0.3 is 6.03 Å². The minimum Gasteiger partial charge on any atom is -0.335 e. The molecule has 0 saturated heterocycles. The van der Waals surface area contributed by atoms with E-state index in [-0.39, 0.29) is 12.1 Å². The molecule has 0 radical (unpaired) electrons. The van der Waals surface area contributed by atoms with Gasteiger partial charge in [0, 0.05) is 11.7 Å². The Bertz CT molecular complexity index is 633. The number of aryl methyl sites for hydroxylation is 2. The number of nitrogens with zero attached hydrogens (tertiary/aromatic N) is 2. The molecular weight excluding hydrogens is 264 g/mol. The minimum absolute atomic E-state index is 0.144. The van der Waals surface area contributed by atoms with Crippen LogP contribution in [0.1, 0.15) is 31.7 Å². The Hall–Kier alpha value is -2.30. The number of rotatable bonds is 4. The van der Waals surface area contributed by atoms with Crippen molar-refractivity contribution in [3.63, 3.8) is 0 Å². The van der Waals surface area contributed by atoms with Gasteiger partial charge in [0.1, 0.15) is 0 Å². The smallest absolute Gasteiger partial charge is 0.319 e. The van der Waals surface area contributed by atoms with Gasteiger partial charge in [-0.15, -0.1) is 0 Å². The molecule has 5 nitrogen and oxygen atoms in total. The van der Waals surface area contributed by atoms with Gasteiger partial charge in [0.05, 0.1) is 17.1 Å². The molecular formula is C16H22N4O. The molecule has 5 heteroatoms. The predicted molar refractivity (Wildman–Crippen MR) is 84.9 cm³/mol. The van der Waals surface area contributed by atoms with Crippen LogP contribution in [0, 0.1) is 13.8 Å². The second-order valence-electron chi connectivity index (χ2n) is 5.26. The van der Waals surface area contributed by atoms with E-state index in [9.17, 15) is 4.79 Å². The first kappa shape index (κ1) is 15.1. The summed E-state index contributed by atoms with van der Waals surface area (Å²) in [6.45, 7) is 7.96. The molecule has 2 aromatic rings. The van der Waals surface area contributed by atoms with E-state index in [1.165, 1.54) is 0 Å². The van der Waals surface area contributed by atoms with E-state index in [1.807, 2.05) is 62.7 Å². The lowest BCUT2D eigenvalue weighted by Crippen LogP contribution is -2.35. The van der Waals surface area contributed by atoms with Gasteiger partial charge in [-0.1, -0.05) is 19.1 Å². The molecule has 112 valence electrons. The van der Waals surface area contributed by atoms with Crippen molar-refractivity contribution in [1.82, 2.24) is 15.1 Å². The number of anilines is 1. The Morgan fingerprint density at radius 1 is 1.33 bits per heavy atom. The van der Waals surface area contributed by atoms with E-state index in [2.05, 4.69) is 15.7 Å². The van der Waals surface area contributed by atoms with Crippen LogP contribution in [-0.2, 0) is 0 Å². The minimum atomic E-state index is -0.196. The first-order valence-electron chi connectivity index (χ1n) is 7.21. The summed E-state index contributed by atoms with van der Waals surface area (Å²) in [4.78, 5) is 12.0. The molecule has 2 amide bonds. The number of amides is 2. The summed E-state index contributed by atoms with van der Waals surface area (Å²) < 4.78 is 1.84. The SMILES string of the molecule is CCC(C)NC(=O)Nc1ccccc1-n1nc(C)cc1C. The van der Waals surface area contributed by atoms with Gasteiger partial charge < -0.3 is 10.6 Å². The molecule has 21 heavy (non-hydrogen) atoms. The summed E-state index contributed by atoms with van der Waals surface area (Å²) in [5.74, 6) is 0. The van der Waals surface area contributed by atoms with Crippen LogP contribution in [0.5, 0.6) is 0 Å². The van der Waals surface area contributed by atoms with Crippen LogP contribution in [0.4, 0.5) is 10.5 Å². The van der Waals surface area contributed by atoms with Crippen LogP contribution < -0.4 is 10.6 Å². The molecule has 0 aliphatic heterocycles. The van der Waals surface area contributed by atoms with Gasteiger partial charge in [-0.25, -0.2) is 9.48 Å². The monoisotopic (exact) mass is 286 g/mol. The maximum atomic E-state index is 12.0. The number of nitrogens with one attached hydrogen (secondary N) is 2. The van der Waals surface area contributed by atoms with E-state index >= 15 is 0 Å². The molecule has 1 unspecified atom stereocenters. The van der Waals surface area contributed by atoms with E-state index < -0.39 is 0 Å². The molecule has 0 spiro atoms. The second kappa shape index (κ2) is 6.43. The van der Waals surface area contributed by atoms with E-state index in [0.29, 0.717) is 0 Å². The van der Waals surface area contributed by atoms with Crippen LogP contribution in [-0.4, -0.2) is 21.9 Å². The van der Waals surface area contributed by atoms with Gasteiger partial charge in [0.2, 0.25) is 0 Å². The topological polar surface area (TPSA) is 59.0 Å². The van der Waals surface area contributed by atoms with Crippen molar-refractivity contribution in [3.8, 4) is 5.69 Å². The Labute approximate surface area is 125 Å². The molecule has 0 fully saturated rings. The highest BCUT2D eigenvalue weighted by molar-refractivity contribution is 5.91. The van der Waals surface area contributed by atoms with Crippen molar-refractivity contribution in [3.05, 3.63) is 41.7 Å². The lowest BCUT2D eigenvalue weighted by atomic mass is 10.2. The number of carbonyl (C=O) groups is 1. The van der Waals surface area contributed by atoms with Crippen LogP contribution in [0.2, 0.25) is 0 Å². The zero-order chi connectivity index (χ0) is 15.4. The predicted octanol–water partition coefficient (Wildman–Crippen LogP) is 3.41. The third-order valence-corrected chi connectivity index (χ3v) is 3.38. The first-order valence-corrected chi connectivity index (χ1v) is 7.21. The Balaban J connectivity index is 2.25. The van der Waals surface area contributed by atoms with Crippen molar-refractivity contribution in [2.45, 2.75) is 40.2 Å². The number of benzene rings is 1. The van der Waals surface area contributed by atoms with Crippen LogP contribution in [0.15, 0.2) is 30.3 Å². The second-order valence-corrected chi connectivity index (χ2v) is 5.26. The fourth-order valence-electron chi connectivity index (χ4n) is 2.12. The normalized spacial score (nSPS) is 12.0. The van der Waals surface area contributed by atoms with Gasteiger partial charge in [0.25, 0.3) is 0 Å². The molecule has 2 rings (SSSR count). The zero-order valence-corrected chi connectivity index (χ0v) is 13.0. The maximum Gasteiger partial charge on any atom is 0.319 e. The van der Waals surface area contributed by atoms with Crippen molar-refractivity contribution in [1.29, 1.82) is 0 Å². The number of hydrogen-bond donors (Lipinski definition) is 2. The Morgan fingerprint density at radius 2 is 2.05 bits per heavy atom. The molecule has 1 heterocycles. The lowest BCUT2D eigenvalue weighted by Gasteiger charge is -2.15. The molecule has 0 aliphatic rings. The maximum absolute atomic E-state index is 12.0. The lowest BCUT2D eigenvalue weighted by molar-refractivity contribution is 0.249. The van der Waals surface area contributed by atoms with Crippen molar-refractivity contribution in [2.75, 3.05) is 5.32 Å². The number of carbonyl (C=O) groups excluding carboxylic acids is 1. The van der Waals surface area contributed by atoms with Crippen LogP contribution in [0.3, 0.4) is 0 Å². The van der Waals surface area contributed by atoms with Gasteiger partial charge in [-0.05, 0) is 45.4 Å². The quantitative estimate of drug-likeness (QED) is 0.905. The number of hydrogen-bond acceptors (Lipinski definition) is 2. The fraction of sp³-hybridized carbons (Fsp3) is 0.375. The zero-order valence-electron chi connectivity index (χ0n) is 13.0. The summed E-state index contributed by atoms with van der Waals surface area (Å²) in [6, 6.07) is 9.61. The summed E-state index contributed by atoms with van der Waals surface area (Å²) >= 11 is 0. The van der Waals surface area contributed by atoms with E-state index in [1.54, 1.807) is 0 Å². The highest BCUT2D eigenvalue weighted by Crippen LogP contribution is 2.21. The summed E-state index contributed by atoms with van der Waals surface area (Å²) in [6.07, 6.45) is 0.895. The summed E-state index contributed by atoms with van der Waals surface area (Å²) in [5, 5.41) is 10.3. The molecule has 0 aliphatic carbocycles. The van der Waals surface area contributed by atoms with Crippen molar-refractivity contribution < 1.29 is 4.79 Å². The Kier molecular flexibility index (Phi) is 4.62. The third kappa shape index (κ3) is 3.62. The standard InChI is InChI=1S/C16H22N4O/c1-5-11(2)17-16(21)18-14-8-6-7-9-15(14)20-13(4)10-12(3)19-20/h6-11H,5H2,1-4H3,(H2,17,18,21). The third-order valence-electron chi connectivity index (χ3n) is 3.38. The summed E-state index contributed by atoms with van der Waals surface area (Å²) in [5.41, 5.74) is 3.59. The Morgan fingerprint density at radius 3 is 2.67 bits per heavy atom. The van der Waals surface area contributed by atoms with Crippen LogP contribution >= 0.6 is 0 Å². The highest BCUT2D eigenvalue weighted by Gasteiger charge is 2.11.